The number of hydrogen-bond donors (Lipinski definition) is 2. The number of rotatable bonds is 8. The average molecular weight is 502 g/mol. The van der Waals surface area contributed by atoms with E-state index in [1.165, 1.54) is 0 Å². The van der Waals surface area contributed by atoms with Crippen LogP contribution < -0.4 is 15.5 Å². The van der Waals surface area contributed by atoms with Crippen LogP contribution in [0.1, 0.15) is 0 Å². The Morgan fingerprint density at radius 1 is 0.800 bits per heavy atom. The highest BCUT2D eigenvalue weighted by atomic mass is 35.5. The van der Waals surface area contributed by atoms with E-state index in [9.17, 15) is 9.59 Å². The first-order valence-electron chi connectivity index (χ1n) is 11.9. The minimum absolute atomic E-state index is 0.0655. The zero-order valence-corrected chi connectivity index (χ0v) is 20.5. The van der Waals surface area contributed by atoms with E-state index in [1.54, 1.807) is 29.2 Å². The number of urea groups is 1. The summed E-state index contributed by atoms with van der Waals surface area (Å²) in [4.78, 5) is 31.7. The molecule has 10 heteroatoms. The van der Waals surface area contributed by atoms with Crippen LogP contribution in [-0.2, 0) is 14.3 Å². The highest BCUT2D eigenvalue weighted by Gasteiger charge is 2.19. The first kappa shape index (κ1) is 25.4. The first-order chi connectivity index (χ1) is 17.1. The highest BCUT2D eigenvalue weighted by Crippen LogP contribution is 2.21. The number of nitrogens with zero attached hydrogens (tertiary/aromatic N) is 3. The van der Waals surface area contributed by atoms with Gasteiger partial charge in [-0.1, -0.05) is 11.6 Å². The molecule has 0 atom stereocenters. The van der Waals surface area contributed by atoms with E-state index < -0.39 is 0 Å². The Balaban J connectivity index is 1.40. The van der Waals surface area contributed by atoms with Crippen LogP contribution in [-0.4, -0.2) is 94.0 Å². The lowest BCUT2D eigenvalue weighted by Gasteiger charge is -2.30. The normalized spacial score (nSPS) is 17.1. The first-order valence-corrected chi connectivity index (χ1v) is 12.3. The quantitative estimate of drug-likeness (QED) is 0.578. The fraction of sp³-hybridized carbons (Fsp3) is 0.440. The molecule has 0 aromatic heterocycles. The summed E-state index contributed by atoms with van der Waals surface area (Å²) in [6.07, 6.45) is 0. The van der Waals surface area contributed by atoms with Crippen molar-refractivity contribution in [2.24, 2.45) is 0 Å². The molecule has 2 aromatic rings. The van der Waals surface area contributed by atoms with E-state index in [2.05, 4.69) is 20.4 Å². The standard InChI is InChI=1S/C25H32ClN5O4/c26-20-1-3-22(4-2-20)28-25(33)31(10-9-29-11-15-34-16-12-29)23-7-5-21(6-8-23)27-24(32)19-30-13-17-35-18-14-30/h1-8H,9-19H2,(H,27,32)(H,28,33). The van der Waals surface area contributed by atoms with Gasteiger partial charge in [0, 0.05) is 61.4 Å². The van der Waals surface area contributed by atoms with Gasteiger partial charge in [0.2, 0.25) is 5.91 Å². The second kappa shape index (κ2) is 12.9. The van der Waals surface area contributed by atoms with E-state index in [1.807, 2.05) is 24.3 Å². The van der Waals surface area contributed by atoms with Crippen molar-refractivity contribution in [1.82, 2.24) is 9.80 Å². The van der Waals surface area contributed by atoms with E-state index in [0.717, 1.165) is 38.4 Å². The molecule has 0 aliphatic carbocycles. The molecule has 0 bridgehead atoms. The molecule has 0 saturated carbocycles. The largest absolute Gasteiger partial charge is 0.379 e. The molecule has 2 aliphatic heterocycles. The molecule has 2 aliphatic rings. The summed E-state index contributed by atoms with van der Waals surface area (Å²) in [7, 11) is 0. The van der Waals surface area contributed by atoms with Gasteiger partial charge >= 0.3 is 6.03 Å². The highest BCUT2D eigenvalue weighted by molar-refractivity contribution is 6.30. The molecule has 0 spiro atoms. The summed E-state index contributed by atoms with van der Waals surface area (Å²) in [6.45, 7) is 7.51. The van der Waals surface area contributed by atoms with Crippen LogP contribution in [0.4, 0.5) is 21.9 Å². The molecular weight excluding hydrogens is 470 g/mol. The van der Waals surface area contributed by atoms with Gasteiger partial charge in [-0.2, -0.15) is 0 Å². The van der Waals surface area contributed by atoms with Gasteiger partial charge in [0.25, 0.3) is 0 Å². The second-order valence-electron chi connectivity index (χ2n) is 8.53. The third-order valence-electron chi connectivity index (χ3n) is 6.02. The monoisotopic (exact) mass is 501 g/mol. The molecule has 2 N–H and O–H groups in total. The number of halogens is 1. The fourth-order valence-corrected chi connectivity index (χ4v) is 4.15. The Morgan fingerprint density at radius 3 is 1.97 bits per heavy atom. The van der Waals surface area contributed by atoms with Crippen LogP contribution in [0.5, 0.6) is 0 Å². The van der Waals surface area contributed by atoms with E-state index in [0.29, 0.717) is 55.9 Å². The van der Waals surface area contributed by atoms with Gasteiger partial charge < -0.3 is 20.1 Å². The Bertz CT molecular complexity index is 961. The van der Waals surface area contributed by atoms with Crippen LogP contribution >= 0.6 is 11.6 Å². The van der Waals surface area contributed by atoms with Crippen molar-refractivity contribution in [3.05, 3.63) is 53.6 Å². The van der Waals surface area contributed by atoms with E-state index >= 15 is 0 Å². The summed E-state index contributed by atoms with van der Waals surface area (Å²) in [5.41, 5.74) is 2.11. The van der Waals surface area contributed by atoms with Gasteiger partial charge in [-0.05, 0) is 48.5 Å². The van der Waals surface area contributed by atoms with Crippen molar-refractivity contribution in [2.45, 2.75) is 0 Å². The van der Waals surface area contributed by atoms with Crippen molar-refractivity contribution in [3.8, 4) is 0 Å². The molecule has 2 aromatic carbocycles. The van der Waals surface area contributed by atoms with Crippen LogP contribution in [0.2, 0.25) is 5.02 Å². The molecular formula is C25H32ClN5O4. The Morgan fingerprint density at radius 2 is 1.34 bits per heavy atom. The van der Waals surface area contributed by atoms with Crippen LogP contribution in [0.25, 0.3) is 0 Å². The van der Waals surface area contributed by atoms with Crippen molar-refractivity contribution >= 4 is 40.6 Å². The smallest absolute Gasteiger partial charge is 0.326 e. The predicted octanol–water partition coefficient (Wildman–Crippen LogP) is 2.98. The number of hydrogen-bond acceptors (Lipinski definition) is 6. The fourth-order valence-electron chi connectivity index (χ4n) is 4.03. The van der Waals surface area contributed by atoms with E-state index in [-0.39, 0.29) is 11.9 Å². The second-order valence-corrected chi connectivity index (χ2v) is 8.96. The Hall–Kier alpha value is -2.69. The number of amides is 3. The van der Waals surface area contributed by atoms with Crippen molar-refractivity contribution in [1.29, 1.82) is 0 Å². The summed E-state index contributed by atoms with van der Waals surface area (Å²) >= 11 is 5.97. The van der Waals surface area contributed by atoms with Gasteiger partial charge in [-0.25, -0.2) is 4.79 Å². The lowest BCUT2D eigenvalue weighted by Crippen LogP contribution is -2.44. The summed E-state index contributed by atoms with van der Waals surface area (Å²) < 4.78 is 10.8. The molecule has 2 saturated heterocycles. The van der Waals surface area contributed by atoms with Gasteiger partial charge in [0.1, 0.15) is 0 Å². The van der Waals surface area contributed by atoms with Crippen LogP contribution in [0.15, 0.2) is 48.5 Å². The maximum atomic E-state index is 13.2. The molecule has 35 heavy (non-hydrogen) atoms. The van der Waals surface area contributed by atoms with Gasteiger partial charge in [0.15, 0.2) is 0 Å². The molecule has 2 heterocycles. The summed E-state index contributed by atoms with van der Waals surface area (Å²) in [6, 6.07) is 14.1. The average Bonchev–Trinajstić information content (AvgIpc) is 2.88. The number of carbonyl (C=O) groups excluding carboxylic acids is 2. The molecule has 2 fully saturated rings. The molecule has 9 nitrogen and oxygen atoms in total. The molecule has 0 radical (unpaired) electrons. The van der Waals surface area contributed by atoms with Crippen molar-refractivity contribution in [2.75, 3.05) is 87.8 Å². The predicted molar refractivity (Wildman–Crippen MR) is 137 cm³/mol. The van der Waals surface area contributed by atoms with Crippen LogP contribution in [0, 0.1) is 0 Å². The number of carbonyl (C=O) groups is 2. The minimum Gasteiger partial charge on any atom is -0.379 e. The van der Waals surface area contributed by atoms with Gasteiger partial charge in [0.05, 0.1) is 33.0 Å². The zero-order valence-electron chi connectivity index (χ0n) is 19.7. The third-order valence-corrected chi connectivity index (χ3v) is 6.27. The number of anilines is 3. The third kappa shape index (κ3) is 7.91. The lowest BCUT2D eigenvalue weighted by atomic mass is 10.2. The number of ether oxygens (including phenoxy) is 2. The topological polar surface area (TPSA) is 86.4 Å². The van der Waals surface area contributed by atoms with Gasteiger partial charge in [-0.3, -0.25) is 19.5 Å². The zero-order chi connectivity index (χ0) is 24.5. The van der Waals surface area contributed by atoms with Crippen molar-refractivity contribution < 1.29 is 19.1 Å². The van der Waals surface area contributed by atoms with E-state index in [4.69, 9.17) is 21.1 Å². The number of nitrogens with one attached hydrogen (secondary N) is 2. The maximum absolute atomic E-state index is 13.2. The van der Waals surface area contributed by atoms with Crippen molar-refractivity contribution in [3.63, 3.8) is 0 Å². The number of benzene rings is 2. The molecule has 4 rings (SSSR count). The lowest BCUT2D eigenvalue weighted by molar-refractivity contribution is -0.118. The minimum atomic E-state index is -0.232. The molecule has 188 valence electrons. The number of morpholine rings is 2. The Kier molecular flexibility index (Phi) is 9.33. The summed E-state index contributed by atoms with van der Waals surface area (Å²) in [5.74, 6) is -0.0655. The van der Waals surface area contributed by atoms with Crippen LogP contribution in [0.3, 0.4) is 0 Å². The summed E-state index contributed by atoms with van der Waals surface area (Å²) in [5, 5.41) is 6.50. The molecule has 0 unspecified atom stereocenters. The van der Waals surface area contributed by atoms with Gasteiger partial charge in [-0.15, -0.1) is 0 Å². The maximum Gasteiger partial charge on any atom is 0.326 e. The Labute approximate surface area is 210 Å². The SMILES string of the molecule is O=C(CN1CCOCC1)Nc1ccc(N(CCN2CCOCC2)C(=O)Nc2ccc(Cl)cc2)cc1. The molecule has 3 amide bonds.